The van der Waals surface area contributed by atoms with Gasteiger partial charge in [-0.25, -0.2) is 0 Å². The van der Waals surface area contributed by atoms with Crippen LogP contribution in [-0.4, -0.2) is 5.78 Å². The lowest BCUT2D eigenvalue weighted by molar-refractivity contribution is -0.113. The van der Waals surface area contributed by atoms with Crippen LogP contribution >= 0.6 is 0 Å². The van der Waals surface area contributed by atoms with E-state index in [1.165, 1.54) is 27.8 Å². The van der Waals surface area contributed by atoms with E-state index in [0.29, 0.717) is 6.42 Å². The largest absolute Gasteiger partial charge is 0.294 e. The molecule has 0 N–H and O–H groups in total. The molecule has 0 aromatic heterocycles. The van der Waals surface area contributed by atoms with E-state index < -0.39 is 0 Å². The van der Waals surface area contributed by atoms with E-state index in [0.717, 1.165) is 24.8 Å². The summed E-state index contributed by atoms with van der Waals surface area (Å²) in [6.45, 7) is 8.00. The smallest absolute Gasteiger partial charge is 0.168 e. The predicted molar refractivity (Wildman–Crippen MR) is 104 cm³/mol. The Labute approximate surface area is 146 Å². The maximum absolute atomic E-state index is 12.6. The Bertz CT molecular complexity index is 737. The molecule has 2 aliphatic carbocycles. The van der Waals surface area contributed by atoms with E-state index in [9.17, 15) is 4.79 Å². The van der Waals surface area contributed by atoms with Gasteiger partial charge in [0.1, 0.15) is 0 Å². The van der Waals surface area contributed by atoms with Crippen molar-refractivity contribution < 1.29 is 4.79 Å². The van der Waals surface area contributed by atoms with Crippen molar-refractivity contribution in [3.8, 4) is 0 Å². The van der Waals surface area contributed by atoms with Gasteiger partial charge in [-0.05, 0) is 47.1 Å². The van der Waals surface area contributed by atoms with Gasteiger partial charge in [0, 0.05) is 12.0 Å². The molecule has 0 saturated carbocycles. The van der Waals surface area contributed by atoms with E-state index in [2.05, 4.69) is 36.4 Å². The van der Waals surface area contributed by atoms with Crippen molar-refractivity contribution in [1.29, 1.82) is 0 Å². The number of carbonyl (C=O) groups is 1. The molecule has 0 unspecified atom stereocenters. The first-order valence-electron chi connectivity index (χ1n) is 9.27. The highest BCUT2D eigenvalue weighted by Crippen LogP contribution is 2.40. The molecule has 1 heteroatoms. The average molecular weight is 320 g/mol. The Hall–Kier alpha value is -2.15. The fourth-order valence-corrected chi connectivity index (χ4v) is 3.54. The summed E-state index contributed by atoms with van der Waals surface area (Å²) in [7, 11) is 0. The second-order valence-corrected chi connectivity index (χ2v) is 5.62. The predicted octanol–water partition coefficient (Wildman–Crippen LogP) is 6.11. The number of rotatable bonds is 0. The fourth-order valence-electron chi connectivity index (χ4n) is 3.54. The number of hydrogen-bond donors (Lipinski definition) is 0. The summed E-state index contributed by atoms with van der Waals surface area (Å²) in [5.41, 5.74) is 7.22. The van der Waals surface area contributed by atoms with Gasteiger partial charge in [-0.2, -0.15) is 0 Å². The number of carbonyl (C=O) groups excluding carboxylic acids is 1. The summed E-state index contributed by atoms with van der Waals surface area (Å²) in [6.07, 6.45) is 3.74. The number of fused-ring (bicyclic) bond motifs is 4. The van der Waals surface area contributed by atoms with Crippen molar-refractivity contribution in [3.63, 3.8) is 0 Å². The summed E-state index contributed by atoms with van der Waals surface area (Å²) < 4.78 is 0. The van der Waals surface area contributed by atoms with Gasteiger partial charge >= 0.3 is 0 Å². The molecule has 2 aliphatic rings. The minimum Gasteiger partial charge on any atom is -0.294 e. The fraction of sp³-hybridized carbons (Fsp3) is 0.348. The van der Waals surface area contributed by atoms with Crippen LogP contribution in [0.1, 0.15) is 62.8 Å². The minimum atomic E-state index is 0.285. The Kier molecular flexibility index (Phi) is 6.54. The highest BCUT2D eigenvalue weighted by Gasteiger charge is 2.28. The first kappa shape index (κ1) is 18.2. The minimum absolute atomic E-state index is 0.285. The van der Waals surface area contributed by atoms with Gasteiger partial charge < -0.3 is 0 Å². The number of hydrogen-bond acceptors (Lipinski definition) is 1. The molecular formula is C23H28O. The Balaban J connectivity index is 0.000000487. The molecule has 0 aliphatic heterocycles. The third-order valence-corrected chi connectivity index (χ3v) is 4.43. The zero-order valence-corrected chi connectivity index (χ0v) is 15.4. The zero-order valence-electron chi connectivity index (χ0n) is 15.4. The molecule has 0 spiro atoms. The monoisotopic (exact) mass is 320 g/mol. The molecule has 0 saturated heterocycles. The van der Waals surface area contributed by atoms with Crippen molar-refractivity contribution >= 4 is 16.9 Å². The van der Waals surface area contributed by atoms with Crippen LogP contribution in [-0.2, 0) is 17.6 Å². The van der Waals surface area contributed by atoms with Crippen LogP contribution in [0.5, 0.6) is 0 Å². The molecule has 4 rings (SSSR count). The molecule has 0 bridgehead atoms. The van der Waals surface area contributed by atoms with Crippen LogP contribution < -0.4 is 0 Å². The lowest BCUT2D eigenvalue weighted by atomic mass is 9.81. The zero-order chi connectivity index (χ0) is 17.5. The number of benzene rings is 2. The van der Waals surface area contributed by atoms with Crippen LogP contribution in [0.4, 0.5) is 0 Å². The van der Waals surface area contributed by atoms with Crippen LogP contribution in [0.15, 0.2) is 48.5 Å². The number of ketones is 1. The van der Waals surface area contributed by atoms with Crippen molar-refractivity contribution in [2.75, 3.05) is 0 Å². The normalized spacial score (nSPS) is 14.8. The molecular weight excluding hydrogens is 292 g/mol. The molecule has 0 heterocycles. The molecule has 24 heavy (non-hydrogen) atoms. The highest BCUT2D eigenvalue weighted by atomic mass is 16.1. The third-order valence-electron chi connectivity index (χ3n) is 4.43. The van der Waals surface area contributed by atoms with Crippen molar-refractivity contribution in [2.45, 2.75) is 53.4 Å². The second kappa shape index (κ2) is 8.63. The van der Waals surface area contributed by atoms with Gasteiger partial charge in [-0.3, -0.25) is 4.79 Å². The Morgan fingerprint density at radius 2 is 1.29 bits per heavy atom. The maximum atomic E-state index is 12.6. The van der Waals surface area contributed by atoms with Gasteiger partial charge in [0.15, 0.2) is 5.78 Å². The number of aryl methyl sites for hydroxylation is 1. The summed E-state index contributed by atoms with van der Waals surface area (Å²) >= 11 is 0. The first-order valence-corrected chi connectivity index (χ1v) is 9.27. The second-order valence-electron chi connectivity index (χ2n) is 5.62. The summed E-state index contributed by atoms with van der Waals surface area (Å²) in [5.74, 6) is 0.285. The van der Waals surface area contributed by atoms with Crippen molar-refractivity contribution in [2.24, 2.45) is 0 Å². The van der Waals surface area contributed by atoms with E-state index in [1.807, 2.05) is 39.8 Å². The van der Waals surface area contributed by atoms with Crippen LogP contribution in [0, 0.1) is 0 Å². The lowest BCUT2D eigenvalue weighted by Crippen LogP contribution is -2.15. The standard InChI is InChI=1S/C19H16O.2C2H6/c20-18-12-14-7-2-3-9-15(14)17-11-5-8-13-6-1-4-10-16(13)19(17)18;2*1-2/h1-4,6-7,9-10H,5,8,11-12H2;2*1-2H3. The molecule has 0 radical (unpaired) electrons. The van der Waals surface area contributed by atoms with E-state index in [4.69, 9.17) is 0 Å². The van der Waals surface area contributed by atoms with Gasteiger partial charge in [0.25, 0.3) is 0 Å². The van der Waals surface area contributed by atoms with Gasteiger partial charge in [0.05, 0.1) is 0 Å². The Morgan fingerprint density at radius 3 is 2.00 bits per heavy atom. The summed E-state index contributed by atoms with van der Waals surface area (Å²) in [6, 6.07) is 16.8. The van der Waals surface area contributed by atoms with E-state index in [1.54, 1.807) is 0 Å². The molecule has 2 aromatic rings. The molecule has 126 valence electrons. The molecule has 0 atom stereocenters. The number of allylic oxidation sites excluding steroid dienone is 2. The molecule has 0 amide bonds. The van der Waals surface area contributed by atoms with Gasteiger partial charge in [-0.1, -0.05) is 76.2 Å². The van der Waals surface area contributed by atoms with Crippen LogP contribution in [0.3, 0.4) is 0 Å². The summed E-state index contributed by atoms with van der Waals surface area (Å²) in [4.78, 5) is 12.6. The summed E-state index contributed by atoms with van der Waals surface area (Å²) in [5, 5.41) is 0. The van der Waals surface area contributed by atoms with E-state index >= 15 is 0 Å². The highest BCUT2D eigenvalue weighted by molar-refractivity contribution is 6.30. The quantitative estimate of drug-likeness (QED) is 0.572. The molecule has 0 fully saturated rings. The first-order chi connectivity index (χ1) is 11.8. The van der Waals surface area contributed by atoms with Crippen LogP contribution in [0.25, 0.3) is 11.1 Å². The molecule has 2 aromatic carbocycles. The van der Waals surface area contributed by atoms with Crippen LogP contribution in [0.2, 0.25) is 0 Å². The van der Waals surface area contributed by atoms with E-state index in [-0.39, 0.29) is 5.78 Å². The number of Topliss-reactive ketones (excluding diaryl/α,β-unsaturated/α-hetero) is 1. The van der Waals surface area contributed by atoms with Gasteiger partial charge in [-0.15, -0.1) is 0 Å². The van der Waals surface area contributed by atoms with Crippen molar-refractivity contribution in [3.05, 3.63) is 70.8 Å². The van der Waals surface area contributed by atoms with Crippen molar-refractivity contribution in [1.82, 2.24) is 0 Å². The SMILES string of the molecule is CC.CC.O=C1Cc2ccccc2C2=C1c1ccccc1CCC2. The molecule has 1 nitrogen and oxygen atoms in total. The third kappa shape index (κ3) is 3.36. The topological polar surface area (TPSA) is 17.1 Å². The van der Waals surface area contributed by atoms with Gasteiger partial charge in [0.2, 0.25) is 0 Å². The Morgan fingerprint density at radius 1 is 0.708 bits per heavy atom. The maximum Gasteiger partial charge on any atom is 0.168 e. The average Bonchev–Trinajstić information content (AvgIpc) is 2.85. The lowest BCUT2D eigenvalue weighted by Gasteiger charge is -2.22.